The first-order chi connectivity index (χ1) is 13.8. The van der Waals surface area contributed by atoms with Gasteiger partial charge < -0.3 is 14.8 Å². The topological polar surface area (TPSA) is 51.7 Å². The summed E-state index contributed by atoms with van der Waals surface area (Å²) in [6.45, 7) is 6.56. The summed E-state index contributed by atoms with van der Waals surface area (Å²) in [5.41, 5.74) is 3.61. The zero-order valence-electron chi connectivity index (χ0n) is 16.3. The monoisotopic (exact) mass is 379 g/mol. The van der Waals surface area contributed by atoms with Crippen molar-refractivity contribution in [3.05, 3.63) is 71.9 Å². The SMILES string of the molecule is OC(COCc1ccccc1)CN1CCN(Cc2cc3ccccc3[nH]2)CC1. The van der Waals surface area contributed by atoms with Crippen molar-refractivity contribution in [1.82, 2.24) is 14.8 Å². The Morgan fingerprint density at radius 1 is 0.929 bits per heavy atom. The van der Waals surface area contributed by atoms with E-state index in [2.05, 4.69) is 45.1 Å². The number of aromatic nitrogens is 1. The van der Waals surface area contributed by atoms with Gasteiger partial charge in [-0.25, -0.2) is 0 Å². The van der Waals surface area contributed by atoms with Crippen LogP contribution in [0.25, 0.3) is 10.9 Å². The maximum atomic E-state index is 10.3. The molecule has 2 N–H and O–H groups in total. The lowest BCUT2D eigenvalue weighted by atomic mass is 10.2. The number of aromatic amines is 1. The highest BCUT2D eigenvalue weighted by Crippen LogP contribution is 2.16. The van der Waals surface area contributed by atoms with Crippen LogP contribution in [0.3, 0.4) is 0 Å². The molecule has 5 heteroatoms. The van der Waals surface area contributed by atoms with Crippen LogP contribution in [0.2, 0.25) is 0 Å². The number of hydrogen-bond acceptors (Lipinski definition) is 4. The van der Waals surface area contributed by atoms with Gasteiger partial charge in [0, 0.05) is 50.5 Å². The average Bonchev–Trinajstić information content (AvgIpc) is 3.12. The molecule has 5 nitrogen and oxygen atoms in total. The second kappa shape index (κ2) is 9.34. The third-order valence-electron chi connectivity index (χ3n) is 5.34. The van der Waals surface area contributed by atoms with Crippen molar-refractivity contribution in [3.8, 4) is 0 Å². The molecule has 1 fully saturated rings. The van der Waals surface area contributed by atoms with E-state index in [0.29, 0.717) is 19.8 Å². The largest absolute Gasteiger partial charge is 0.389 e. The van der Waals surface area contributed by atoms with Gasteiger partial charge in [-0.15, -0.1) is 0 Å². The Hall–Kier alpha value is -2.18. The molecule has 0 spiro atoms. The second-order valence-electron chi connectivity index (χ2n) is 7.61. The summed E-state index contributed by atoms with van der Waals surface area (Å²) in [6.07, 6.45) is -0.441. The van der Waals surface area contributed by atoms with Crippen LogP contribution in [0.5, 0.6) is 0 Å². The van der Waals surface area contributed by atoms with Crippen molar-refractivity contribution in [3.63, 3.8) is 0 Å². The Morgan fingerprint density at radius 3 is 2.43 bits per heavy atom. The van der Waals surface area contributed by atoms with Crippen molar-refractivity contribution in [2.45, 2.75) is 19.3 Å². The van der Waals surface area contributed by atoms with E-state index in [9.17, 15) is 5.11 Å². The predicted molar refractivity (Wildman–Crippen MR) is 112 cm³/mol. The Morgan fingerprint density at radius 2 is 1.64 bits per heavy atom. The number of para-hydroxylation sites is 1. The van der Waals surface area contributed by atoms with Crippen molar-refractivity contribution >= 4 is 10.9 Å². The maximum Gasteiger partial charge on any atom is 0.0900 e. The van der Waals surface area contributed by atoms with Gasteiger partial charge >= 0.3 is 0 Å². The summed E-state index contributed by atoms with van der Waals surface area (Å²) < 4.78 is 5.66. The van der Waals surface area contributed by atoms with Crippen LogP contribution in [0.15, 0.2) is 60.7 Å². The van der Waals surface area contributed by atoms with Crippen molar-refractivity contribution in [2.75, 3.05) is 39.3 Å². The smallest absolute Gasteiger partial charge is 0.0900 e. The minimum absolute atomic E-state index is 0.379. The number of hydrogen-bond donors (Lipinski definition) is 2. The number of ether oxygens (including phenoxy) is 1. The molecule has 148 valence electrons. The summed E-state index contributed by atoms with van der Waals surface area (Å²) in [7, 11) is 0. The number of β-amino-alcohol motifs (C(OH)–C–C–N with tert-alkyl or cyclic N) is 1. The van der Waals surface area contributed by atoms with Crippen LogP contribution in [0.1, 0.15) is 11.3 Å². The Bertz CT molecular complexity index is 823. The third-order valence-corrected chi connectivity index (χ3v) is 5.34. The molecule has 1 aliphatic rings. The molecule has 2 aromatic carbocycles. The van der Waals surface area contributed by atoms with E-state index in [1.54, 1.807) is 0 Å². The molecule has 1 unspecified atom stereocenters. The van der Waals surface area contributed by atoms with E-state index in [0.717, 1.165) is 38.3 Å². The van der Waals surface area contributed by atoms with E-state index in [-0.39, 0.29) is 0 Å². The standard InChI is InChI=1S/C23H29N3O2/c27-22(18-28-17-19-6-2-1-3-7-19)16-26-12-10-25(11-13-26)15-21-14-20-8-4-5-9-23(20)24-21/h1-9,14,22,24,27H,10-13,15-18H2. The molecule has 0 amide bonds. The molecule has 0 bridgehead atoms. The van der Waals surface area contributed by atoms with Gasteiger partial charge in [-0.05, 0) is 23.1 Å². The Labute approximate surface area is 166 Å². The molecule has 0 saturated carbocycles. The molecular formula is C23H29N3O2. The predicted octanol–water partition coefficient (Wildman–Crippen LogP) is 2.86. The number of aliphatic hydroxyl groups excluding tert-OH is 1. The zero-order chi connectivity index (χ0) is 19.2. The summed E-state index contributed by atoms with van der Waals surface area (Å²) >= 11 is 0. The van der Waals surface area contributed by atoms with Gasteiger partial charge in [-0.1, -0.05) is 48.5 Å². The number of nitrogens with zero attached hydrogens (tertiary/aromatic N) is 2. The van der Waals surface area contributed by atoms with Crippen molar-refractivity contribution in [2.24, 2.45) is 0 Å². The van der Waals surface area contributed by atoms with Crippen LogP contribution < -0.4 is 0 Å². The number of H-pyrrole nitrogens is 1. The highest BCUT2D eigenvalue weighted by Gasteiger charge is 2.19. The third kappa shape index (κ3) is 5.20. The lowest BCUT2D eigenvalue weighted by Crippen LogP contribution is -2.48. The highest BCUT2D eigenvalue weighted by atomic mass is 16.5. The lowest BCUT2D eigenvalue weighted by molar-refractivity contribution is 0.000815. The highest BCUT2D eigenvalue weighted by molar-refractivity contribution is 5.80. The van der Waals surface area contributed by atoms with Gasteiger partial charge in [-0.2, -0.15) is 0 Å². The van der Waals surface area contributed by atoms with Crippen LogP contribution in [-0.2, 0) is 17.9 Å². The van der Waals surface area contributed by atoms with Gasteiger partial charge in [0.2, 0.25) is 0 Å². The molecule has 1 saturated heterocycles. The van der Waals surface area contributed by atoms with Gasteiger partial charge in [0.05, 0.1) is 19.3 Å². The van der Waals surface area contributed by atoms with Crippen LogP contribution in [0, 0.1) is 0 Å². The van der Waals surface area contributed by atoms with Crippen LogP contribution in [-0.4, -0.2) is 65.3 Å². The first-order valence-electron chi connectivity index (χ1n) is 10.1. The molecule has 0 radical (unpaired) electrons. The van der Waals surface area contributed by atoms with Gasteiger partial charge in [-0.3, -0.25) is 9.80 Å². The fourth-order valence-corrected chi connectivity index (χ4v) is 3.83. The Kier molecular flexibility index (Phi) is 6.39. The van der Waals surface area contributed by atoms with Crippen molar-refractivity contribution in [1.29, 1.82) is 0 Å². The first-order valence-corrected chi connectivity index (χ1v) is 10.1. The molecule has 28 heavy (non-hydrogen) atoms. The minimum atomic E-state index is -0.441. The average molecular weight is 380 g/mol. The molecule has 3 aromatic rings. The fourth-order valence-electron chi connectivity index (χ4n) is 3.83. The molecule has 0 aliphatic carbocycles. The molecular weight excluding hydrogens is 350 g/mol. The Balaban J connectivity index is 1.16. The van der Waals surface area contributed by atoms with Crippen LogP contribution in [0.4, 0.5) is 0 Å². The van der Waals surface area contributed by atoms with Gasteiger partial charge in [0.15, 0.2) is 0 Å². The number of fused-ring (bicyclic) bond motifs is 1. The number of benzene rings is 2. The van der Waals surface area contributed by atoms with Crippen LogP contribution >= 0.6 is 0 Å². The van der Waals surface area contributed by atoms with E-state index in [4.69, 9.17) is 4.74 Å². The molecule has 1 aromatic heterocycles. The molecule has 4 rings (SSSR count). The normalized spacial score (nSPS) is 17.2. The van der Waals surface area contributed by atoms with E-state index in [1.165, 1.54) is 16.6 Å². The number of aliphatic hydroxyl groups is 1. The number of nitrogens with one attached hydrogen (secondary N) is 1. The quantitative estimate of drug-likeness (QED) is 0.632. The molecule has 1 atom stereocenters. The van der Waals surface area contributed by atoms with E-state index >= 15 is 0 Å². The van der Waals surface area contributed by atoms with Gasteiger partial charge in [0.25, 0.3) is 0 Å². The minimum Gasteiger partial charge on any atom is -0.389 e. The summed E-state index contributed by atoms with van der Waals surface area (Å²) in [5, 5.41) is 11.5. The van der Waals surface area contributed by atoms with E-state index in [1.807, 2.05) is 30.3 Å². The molecule has 2 heterocycles. The lowest BCUT2D eigenvalue weighted by Gasteiger charge is -2.35. The first kappa shape index (κ1) is 19.2. The summed E-state index contributed by atoms with van der Waals surface area (Å²) in [6, 6.07) is 20.7. The maximum absolute atomic E-state index is 10.3. The summed E-state index contributed by atoms with van der Waals surface area (Å²) in [4.78, 5) is 8.31. The van der Waals surface area contributed by atoms with E-state index < -0.39 is 6.10 Å². The fraction of sp³-hybridized carbons (Fsp3) is 0.391. The van der Waals surface area contributed by atoms with Gasteiger partial charge in [0.1, 0.15) is 0 Å². The summed E-state index contributed by atoms with van der Waals surface area (Å²) in [5.74, 6) is 0. The molecule has 1 aliphatic heterocycles. The van der Waals surface area contributed by atoms with Crippen molar-refractivity contribution < 1.29 is 9.84 Å². The zero-order valence-corrected chi connectivity index (χ0v) is 16.3. The second-order valence-corrected chi connectivity index (χ2v) is 7.61. The number of piperazine rings is 1. The number of rotatable bonds is 8.